The van der Waals surface area contributed by atoms with Gasteiger partial charge in [-0.15, -0.1) is 12.4 Å². The minimum atomic E-state index is -1.02. The fourth-order valence-electron chi connectivity index (χ4n) is 5.25. The average molecular weight is 672 g/mol. The lowest BCUT2D eigenvalue weighted by Crippen LogP contribution is -2.49. The molecule has 5 rings (SSSR count). The van der Waals surface area contributed by atoms with Crippen LogP contribution in [0.4, 0.5) is 0 Å². The first-order valence-electron chi connectivity index (χ1n) is 15.0. The van der Waals surface area contributed by atoms with Gasteiger partial charge in [0.05, 0.1) is 31.9 Å². The lowest BCUT2D eigenvalue weighted by molar-refractivity contribution is -0.141. The van der Waals surface area contributed by atoms with E-state index in [9.17, 15) is 28.8 Å². The molecule has 0 saturated carbocycles. The molecule has 17 nitrogen and oxygen atoms in total. The van der Waals surface area contributed by atoms with E-state index in [1.54, 1.807) is 19.6 Å². The maximum Gasteiger partial charge on any atom is 0.317 e. The molecule has 0 bridgehead atoms. The molecule has 0 spiro atoms. The number of carboxylic acids is 4. The molecule has 0 aromatic carbocycles. The van der Waals surface area contributed by atoms with E-state index in [0.29, 0.717) is 69.4 Å². The average Bonchev–Trinajstić information content (AvgIpc) is 3.79. The van der Waals surface area contributed by atoms with Gasteiger partial charge in [0.25, 0.3) is 0 Å². The molecule has 0 amide bonds. The number of ketones is 2. The first kappa shape index (κ1) is 36.7. The van der Waals surface area contributed by atoms with E-state index < -0.39 is 23.9 Å². The monoisotopic (exact) mass is 671 g/mol. The zero-order valence-corrected chi connectivity index (χ0v) is 26.4. The molecule has 4 N–H and O–H groups in total. The van der Waals surface area contributed by atoms with E-state index in [0.717, 1.165) is 39.3 Å². The Labute approximate surface area is 272 Å². The highest BCUT2D eigenvalue weighted by molar-refractivity contribution is 6.22. The molecule has 1 aliphatic carbocycles. The fourth-order valence-corrected chi connectivity index (χ4v) is 5.25. The molecular formula is C28H42ClN7O10. The number of carbonyl (C=O) groups is 6. The predicted molar refractivity (Wildman–Crippen MR) is 163 cm³/mol. The molecule has 46 heavy (non-hydrogen) atoms. The highest BCUT2D eigenvalue weighted by Crippen LogP contribution is 2.33. The normalized spacial score (nSPS) is 21.7. The molecule has 256 valence electrons. The van der Waals surface area contributed by atoms with Crippen molar-refractivity contribution in [2.45, 2.75) is 0 Å². The van der Waals surface area contributed by atoms with Crippen molar-refractivity contribution in [3.63, 3.8) is 0 Å². The summed E-state index contributed by atoms with van der Waals surface area (Å²) < 4.78 is 0. The fraction of sp³-hybridized carbons (Fsp3) is 0.643. The number of allylic oxidation sites excluding steroid dienone is 1. The van der Waals surface area contributed by atoms with E-state index in [2.05, 4.69) is 0 Å². The first-order valence-corrected chi connectivity index (χ1v) is 15.0. The lowest BCUT2D eigenvalue weighted by atomic mass is 10.0. The number of carboxylic acid groups (broad SMARTS) is 4. The SMILES string of the molecule is Cl.O=C(O)CN1CCN(CC(=O)O)CCN(CC(=O)O)CCN(CC(=O)O)CC1.O=C1C=C(N2CC2)C(=O)C(N2CC2)=C1N1CC1. The molecule has 18 heteroatoms. The van der Waals surface area contributed by atoms with Crippen LogP contribution in [0.1, 0.15) is 0 Å². The number of hydrogen-bond acceptors (Lipinski definition) is 13. The Hall–Kier alpha value is -3.77. The van der Waals surface area contributed by atoms with Crippen molar-refractivity contribution in [1.82, 2.24) is 34.3 Å². The van der Waals surface area contributed by atoms with Crippen LogP contribution >= 0.6 is 12.4 Å². The van der Waals surface area contributed by atoms with E-state index in [1.807, 2.05) is 14.7 Å². The van der Waals surface area contributed by atoms with Crippen molar-refractivity contribution >= 4 is 47.9 Å². The highest BCUT2D eigenvalue weighted by Gasteiger charge is 2.43. The van der Waals surface area contributed by atoms with Gasteiger partial charge >= 0.3 is 23.9 Å². The van der Waals surface area contributed by atoms with Gasteiger partial charge in [0.2, 0.25) is 11.6 Å². The lowest BCUT2D eigenvalue weighted by Gasteiger charge is -2.32. The molecular weight excluding hydrogens is 630 g/mol. The van der Waals surface area contributed by atoms with Crippen molar-refractivity contribution in [3.8, 4) is 0 Å². The van der Waals surface area contributed by atoms with Crippen molar-refractivity contribution in [1.29, 1.82) is 0 Å². The van der Waals surface area contributed by atoms with Crippen LogP contribution in [0.2, 0.25) is 0 Å². The van der Waals surface area contributed by atoms with Crippen LogP contribution in [0.5, 0.6) is 0 Å². The zero-order valence-electron chi connectivity index (χ0n) is 25.6. The molecule has 0 radical (unpaired) electrons. The summed E-state index contributed by atoms with van der Waals surface area (Å²) in [6, 6.07) is 0. The van der Waals surface area contributed by atoms with Crippen LogP contribution in [0, 0.1) is 0 Å². The van der Waals surface area contributed by atoms with Crippen LogP contribution in [-0.2, 0) is 28.8 Å². The van der Waals surface area contributed by atoms with Crippen LogP contribution in [0.15, 0.2) is 23.2 Å². The molecule has 0 unspecified atom stereocenters. The smallest absolute Gasteiger partial charge is 0.317 e. The summed E-state index contributed by atoms with van der Waals surface area (Å²) in [5, 5.41) is 36.3. The van der Waals surface area contributed by atoms with Gasteiger partial charge < -0.3 is 35.1 Å². The molecule has 4 fully saturated rings. The van der Waals surface area contributed by atoms with Crippen molar-refractivity contribution in [2.75, 3.05) is 118 Å². The Morgan fingerprint density at radius 3 is 1.02 bits per heavy atom. The summed E-state index contributed by atoms with van der Waals surface area (Å²) in [6.07, 6.45) is 1.52. The molecule has 4 saturated heterocycles. The number of halogens is 1. The minimum absolute atomic E-state index is 0. The van der Waals surface area contributed by atoms with Gasteiger partial charge in [-0.25, -0.2) is 0 Å². The van der Waals surface area contributed by atoms with Gasteiger partial charge in [0, 0.05) is 97.7 Å². The van der Waals surface area contributed by atoms with Crippen LogP contribution in [0.25, 0.3) is 0 Å². The second-order valence-corrected chi connectivity index (χ2v) is 11.6. The number of carbonyl (C=O) groups excluding carboxylic acids is 2. The Morgan fingerprint density at radius 2 is 0.761 bits per heavy atom. The van der Waals surface area contributed by atoms with Gasteiger partial charge in [-0.1, -0.05) is 0 Å². The van der Waals surface area contributed by atoms with Gasteiger partial charge in [-0.3, -0.25) is 48.4 Å². The Balaban J connectivity index is 0.000000269. The third-order valence-electron chi connectivity index (χ3n) is 7.85. The third kappa shape index (κ3) is 11.5. The molecule has 5 aliphatic rings. The van der Waals surface area contributed by atoms with Crippen molar-refractivity contribution in [3.05, 3.63) is 23.2 Å². The summed E-state index contributed by atoms with van der Waals surface area (Å²) in [5.74, 6) is -4.03. The zero-order chi connectivity index (χ0) is 32.7. The summed E-state index contributed by atoms with van der Waals surface area (Å²) in [4.78, 5) is 81.4. The third-order valence-corrected chi connectivity index (χ3v) is 7.85. The first-order chi connectivity index (χ1) is 21.4. The highest BCUT2D eigenvalue weighted by atomic mass is 35.5. The number of aliphatic carboxylic acids is 4. The number of Topliss-reactive ketones (excluding diaryl/α,β-unsaturated/α-hetero) is 1. The number of rotatable bonds is 11. The molecule has 4 heterocycles. The van der Waals surface area contributed by atoms with Crippen molar-refractivity contribution < 1.29 is 49.2 Å². The summed E-state index contributed by atoms with van der Waals surface area (Å²) in [6.45, 7) is 6.93. The molecule has 4 aliphatic heterocycles. The van der Waals surface area contributed by atoms with E-state index >= 15 is 0 Å². The summed E-state index contributed by atoms with van der Waals surface area (Å²) in [5.41, 5.74) is 1.89. The van der Waals surface area contributed by atoms with E-state index in [1.165, 1.54) is 6.08 Å². The quantitative estimate of drug-likeness (QED) is 0.129. The maximum absolute atomic E-state index is 12.4. The molecule has 0 atom stereocenters. The Morgan fingerprint density at radius 1 is 0.478 bits per heavy atom. The van der Waals surface area contributed by atoms with E-state index in [4.69, 9.17) is 20.4 Å². The predicted octanol–water partition coefficient (Wildman–Crippen LogP) is -2.85. The van der Waals surface area contributed by atoms with Gasteiger partial charge in [-0.2, -0.15) is 0 Å². The number of hydrogen-bond donors (Lipinski definition) is 4. The topological polar surface area (TPSA) is 205 Å². The largest absolute Gasteiger partial charge is 0.480 e. The van der Waals surface area contributed by atoms with Crippen LogP contribution in [0.3, 0.4) is 0 Å². The second kappa shape index (κ2) is 16.7. The Kier molecular flexibility index (Phi) is 13.3. The minimum Gasteiger partial charge on any atom is -0.480 e. The van der Waals surface area contributed by atoms with Gasteiger partial charge in [0.15, 0.2) is 0 Å². The Bertz CT molecular complexity index is 1140. The van der Waals surface area contributed by atoms with Crippen LogP contribution < -0.4 is 0 Å². The van der Waals surface area contributed by atoms with Crippen molar-refractivity contribution in [2.24, 2.45) is 0 Å². The van der Waals surface area contributed by atoms with Gasteiger partial charge in [0.1, 0.15) is 11.4 Å². The number of nitrogens with zero attached hydrogens (tertiary/aromatic N) is 7. The molecule has 0 aromatic rings. The molecule has 0 aromatic heterocycles. The van der Waals surface area contributed by atoms with E-state index in [-0.39, 0.29) is 50.2 Å². The van der Waals surface area contributed by atoms with Crippen LogP contribution in [-0.4, -0.2) is 208 Å². The van der Waals surface area contributed by atoms with Gasteiger partial charge in [-0.05, 0) is 0 Å². The summed E-state index contributed by atoms with van der Waals surface area (Å²) >= 11 is 0. The standard InChI is InChI=1S/C16H28N4O8.C12H13N3O2.ClH/c21-13(22)9-17-1-2-18(10-14(23)24)5-6-20(12-16(27)28)8-7-19(4-3-17)11-15(25)26;16-9-7-8(13-1-2-13)12(17)11(15-5-6-15)10(9)14-3-4-14;/h1-12H2,(H,21,22)(H,23,24)(H,25,26)(H,27,28);7H,1-6H2;1H. The maximum atomic E-state index is 12.4. The second-order valence-electron chi connectivity index (χ2n) is 11.6. The summed E-state index contributed by atoms with van der Waals surface area (Å²) in [7, 11) is 0.